The van der Waals surface area contributed by atoms with Crippen LogP contribution < -0.4 is 8.61 Å². The fourth-order valence-electron chi connectivity index (χ4n) is 4.69. The number of hydrogen-bond donors (Lipinski definition) is 0. The van der Waals surface area contributed by atoms with Crippen molar-refractivity contribution >= 4 is 89.6 Å². The van der Waals surface area contributed by atoms with Crippen LogP contribution in [0.25, 0.3) is 0 Å². The Balaban J connectivity index is 1.53. The molecular formula is C34H36Cl4N2O4S3. The van der Waals surface area contributed by atoms with Crippen LogP contribution in [-0.4, -0.2) is 51.2 Å². The van der Waals surface area contributed by atoms with Crippen LogP contribution in [-0.2, 0) is 20.0 Å². The first-order valence-corrected chi connectivity index (χ1v) is 20.1. The number of hydrogen-bond acceptors (Lipinski definition) is 5. The Labute approximate surface area is 303 Å². The molecular weight excluding hydrogens is 738 g/mol. The van der Waals surface area contributed by atoms with Crippen LogP contribution in [0.4, 0.5) is 11.4 Å². The van der Waals surface area contributed by atoms with E-state index in [-0.39, 0.29) is 22.9 Å². The van der Waals surface area contributed by atoms with Gasteiger partial charge in [0.25, 0.3) is 20.0 Å². The minimum Gasteiger partial charge on any atom is -0.265 e. The Hall–Kier alpha value is -2.11. The van der Waals surface area contributed by atoms with Gasteiger partial charge in [-0.25, -0.2) is 16.8 Å². The molecule has 6 nitrogen and oxygen atoms in total. The molecule has 0 fully saturated rings. The highest BCUT2D eigenvalue weighted by Gasteiger charge is 2.36. The predicted molar refractivity (Wildman–Crippen MR) is 200 cm³/mol. The molecule has 252 valence electrons. The Morgan fingerprint density at radius 2 is 0.851 bits per heavy atom. The van der Waals surface area contributed by atoms with E-state index in [9.17, 15) is 16.8 Å². The number of rotatable bonds is 14. The van der Waals surface area contributed by atoms with Crippen molar-refractivity contribution in [3.63, 3.8) is 0 Å². The minimum absolute atomic E-state index is 0.0445. The Bertz CT molecular complexity index is 1730. The van der Waals surface area contributed by atoms with Gasteiger partial charge in [0, 0.05) is 21.6 Å². The molecule has 0 radical (unpaired) electrons. The maximum atomic E-state index is 13.9. The highest BCUT2D eigenvalue weighted by Crippen LogP contribution is 2.34. The lowest BCUT2D eigenvalue weighted by atomic mass is 10.2. The lowest BCUT2D eigenvalue weighted by Crippen LogP contribution is -2.44. The van der Waals surface area contributed by atoms with Crippen molar-refractivity contribution in [1.82, 2.24) is 0 Å². The van der Waals surface area contributed by atoms with Gasteiger partial charge in [0.05, 0.1) is 44.0 Å². The molecule has 0 aromatic heterocycles. The standard InChI is InChI=1S/C34H36Cl4N2O4S3/c1-25-5-17-31(18-6-25)46(41,42)39(29-13-9-27(35)10-14-29)21-33(3,37)23-45-24-34(4,38)22-40(30-15-11-28(36)12-16-30)47(43,44)32-19-7-26(2)8-20-32/h5-20H,21-24H2,1-4H3/t33-,34+. The first-order valence-electron chi connectivity index (χ1n) is 14.6. The topological polar surface area (TPSA) is 74.8 Å². The highest BCUT2D eigenvalue weighted by molar-refractivity contribution is 7.99. The van der Waals surface area contributed by atoms with Gasteiger partial charge in [0.15, 0.2) is 0 Å². The molecule has 4 aromatic carbocycles. The van der Waals surface area contributed by atoms with E-state index in [1.54, 1.807) is 111 Å². The summed E-state index contributed by atoms with van der Waals surface area (Å²) in [5.74, 6) is 0.631. The number of nitrogens with zero attached hydrogens (tertiary/aromatic N) is 2. The minimum atomic E-state index is -3.98. The molecule has 0 unspecified atom stereocenters. The molecule has 0 aliphatic carbocycles. The third-order valence-corrected chi connectivity index (χ3v) is 13.8. The fourth-order valence-corrected chi connectivity index (χ4v) is 10.1. The van der Waals surface area contributed by atoms with Gasteiger partial charge in [-0.2, -0.15) is 11.8 Å². The van der Waals surface area contributed by atoms with Gasteiger partial charge in [0.1, 0.15) is 0 Å². The Kier molecular flexibility index (Phi) is 12.2. The molecule has 0 heterocycles. The molecule has 4 aromatic rings. The molecule has 13 heteroatoms. The Morgan fingerprint density at radius 3 is 1.15 bits per heavy atom. The monoisotopic (exact) mass is 772 g/mol. The van der Waals surface area contributed by atoms with E-state index in [4.69, 9.17) is 46.4 Å². The van der Waals surface area contributed by atoms with Crippen molar-refractivity contribution in [2.45, 2.75) is 47.2 Å². The molecule has 4 rings (SSSR count). The highest BCUT2D eigenvalue weighted by atomic mass is 35.5. The second-order valence-corrected chi connectivity index (χ2v) is 19.3. The molecule has 0 N–H and O–H groups in total. The van der Waals surface area contributed by atoms with Gasteiger partial charge in [-0.3, -0.25) is 8.61 Å². The third-order valence-electron chi connectivity index (χ3n) is 7.20. The zero-order chi connectivity index (χ0) is 34.6. The maximum Gasteiger partial charge on any atom is 0.264 e. The summed E-state index contributed by atoms with van der Waals surface area (Å²) < 4.78 is 58.1. The number of aryl methyl sites for hydroxylation is 2. The first kappa shape index (κ1) is 37.7. The summed E-state index contributed by atoms with van der Waals surface area (Å²) in [6.45, 7) is 7.22. The SMILES string of the molecule is Cc1ccc(S(=O)(=O)N(C[C@@](C)(Cl)CSC[C@@](C)(Cl)CN(c2ccc(Cl)cc2)S(=O)(=O)c2ccc(C)cc2)c2ccc(Cl)cc2)cc1. The summed E-state index contributed by atoms with van der Waals surface area (Å²) in [6.07, 6.45) is 0. The van der Waals surface area contributed by atoms with Crippen molar-refractivity contribution in [2.75, 3.05) is 33.2 Å². The van der Waals surface area contributed by atoms with E-state index in [0.29, 0.717) is 32.9 Å². The number of sulfonamides is 2. The van der Waals surface area contributed by atoms with Crippen LogP contribution in [0.15, 0.2) is 107 Å². The van der Waals surface area contributed by atoms with E-state index in [2.05, 4.69) is 0 Å². The summed E-state index contributed by atoms with van der Waals surface area (Å²) in [4.78, 5) is -1.77. The van der Waals surface area contributed by atoms with E-state index in [0.717, 1.165) is 11.1 Å². The van der Waals surface area contributed by atoms with Crippen molar-refractivity contribution in [3.8, 4) is 0 Å². The van der Waals surface area contributed by atoms with Crippen LogP contribution in [0.2, 0.25) is 10.0 Å². The molecule has 0 bridgehead atoms. The van der Waals surface area contributed by atoms with Gasteiger partial charge in [-0.05, 0) is 100 Å². The number of anilines is 2. The summed E-state index contributed by atoms with van der Waals surface area (Å²) in [7, 11) is -7.96. The van der Waals surface area contributed by atoms with Crippen molar-refractivity contribution in [2.24, 2.45) is 0 Å². The maximum absolute atomic E-state index is 13.9. The third kappa shape index (κ3) is 9.97. The second-order valence-electron chi connectivity index (χ2n) is 11.9. The van der Waals surface area contributed by atoms with Crippen molar-refractivity contribution in [3.05, 3.63) is 118 Å². The normalized spacial score (nSPS) is 14.6. The van der Waals surface area contributed by atoms with Crippen LogP contribution in [0, 0.1) is 13.8 Å². The van der Waals surface area contributed by atoms with Gasteiger partial charge in [-0.15, -0.1) is 23.2 Å². The number of benzene rings is 4. The summed E-state index contributed by atoms with van der Waals surface area (Å²) in [6, 6.07) is 26.4. The second kappa shape index (κ2) is 15.2. The zero-order valence-electron chi connectivity index (χ0n) is 26.3. The largest absolute Gasteiger partial charge is 0.265 e. The lowest BCUT2D eigenvalue weighted by Gasteiger charge is -2.34. The molecule has 47 heavy (non-hydrogen) atoms. The van der Waals surface area contributed by atoms with E-state index in [1.165, 1.54) is 20.4 Å². The Morgan fingerprint density at radius 1 is 0.553 bits per heavy atom. The van der Waals surface area contributed by atoms with Crippen LogP contribution in [0.5, 0.6) is 0 Å². The lowest BCUT2D eigenvalue weighted by molar-refractivity contribution is 0.583. The average molecular weight is 775 g/mol. The summed E-state index contributed by atoms with van der Waals surface area (Å²) in [5.41, 5.74) is 2.72. The van der Waals surface area contributed by atoms with Crippen molar-refractivity contribution in [1.29, 1.82) is 0 Å². The van der Waals surface area contributed by atoms with Crippen LogP contribution in [0.3, 0.4) is 0 Å². The van der Waals surface area contributed by atoms with Crippen LogP contribution in [0.1, 0.15) is 25.0 Å². The zero-order valence-corrected chi connectivity index (χ0v) is 31.8. The number of alkyl halides is 2. The van der Waals surface area contributed by atoms with Gasteiger partial charge in [-0.1, -0.05) is 58.6 Å². The van der Waals surface area contributed by atoms with E-state index >= 15 is 0 Å². The fraction of sp³-hybridized carbons (Fsp3) is 0.294. The summed E-state index contributed by atoms with van der Waals surface area (Å²) >= 11 is 27.7. The molecule has 0 amide bonds. The van der Waals surface area contributed by atoms with Gasteiger partial charge >= 0.3 is 0 Å². The summed E-state index contributed by atoms with van der Waals surface area (Å²) in [5, 5.41) is 0.952. The van der Waals surface area contributed by atoms with Crippen molar-refractivity contribution < 1.29 is 16.8 Å². The number of thioether (sulfide) groups is 1. The van der Waals surface area contributed by atoms with E-state index < -0.39 is 29.8 Å². The molecule has 0 spiro atoms. The smallest absolute Gasteiger partial charge is 0.264 e. The van der Waals surface area contributed by atoms with Gasteiger partial charge < -0.3 is 0 Å². The molecule has 0 saturated carbocycles. The van der Waals surface area contributed by atoms with Gasteiger partial charge in [0.2, 0.25) is 0 Å². The quantitative estimate of drug-likeness (QED) is 0.119. The van der Waals surface area contributed by atoms with Crippen LogP contribution >= 0.6 is 58.2 Å². The molecule has 0 aliphatic rings. The van der Waals surface area contributed by atoms with E-state index in [1.807, 2.05) is 13.8 Å². The first-order chi connectivity index (χ1) is 21.9. The molecule has 0 saturated heterocycles. The average Bonchev–Trinajstić information content (AvgIpc) is 3.00. The predicted octanol–water partition coefficient (Wildman–Crippen LogP) is 9.43. The molecule has 0 aliphatic heterocycles. The molecule has 2 atom stereocenters. The number of halogens is 4.